The van der Waals surface area contributed by atoms with Gasteiger partial charge in [0.2, 0.25) is 0 Å². The molecule has 1 aromatic heterocycles. The van der Waals surface area contributed by atoms with Gasteiger partial charge in [-0.3, -0.25) is 0 Å². The van der Waals surface area contributed by atoms with Crippen LogP contribution in [0.3, 0.4) is 0 Å². The highest BCUT2D eigenvalue weighted by molar-refractivity contribution is 9.10. The Morgan fingerprint density at radius 1 is 1.38 bits per heavy atom. The summed E-state index contributed by atoms with van der Waals surface area (Å²) < 4.78 is 6.31. The zero-order chi connectivity index (χ0) is 11.4. The maximum absolute atomic E-state index is 5.20. The molecule has 84 valence electrons. The predicted octanol–water partition coefficient (Wildman–Crippen LogP) is 2.97. The molecule has 0 unspecified atom stereocenters. The summed E-state index contributed by atoms with van der Waals surface area (Å²) in [6.45, 7) is 0. The van der Waals surface area contributed by atoms with Crippen molar-refractivity contribution in [2.45, 2.75) is 12.8 Å². The van der Waals surface area contributed by atoms with Gasteiger partial charge in [-0.05, 0) is 30.2 Å². The van der Waals surface area contributed by atoms with Gasteiger partial charge in [-0.25, -0.2) is 4.98 Å². The average Bonchev–Trinajstić information content (AvgIpc) is 2.81. The summed E-state index contributed by atoms with van der Waals surface area (Å²) >= 11 is 3.54. The van der Waals surface area contributed by atoms with Crippen molar-refractivity contribution in [1.82, 2.24) is 9.97 Å². The number of nitrogens with zero attached hydrogens (tertiary/aromatic N) is 1. The van der Waals surface area contributed by atoms with Crippen LogP contribution in [0.4, 0.5) is 0 Å². The molecular formula is C12H13BrN2O. The van der Waals surface area contributed by atoms with Crippen LogP contribution in [-0.4, -0.2) is 17.1 Å². The van der Waals surface area contributed by atoms with Crippen LogP contribution < -0.4 is 4.74 Å². The smallest absolute Gasteiger partial charge is 0.119 e. The van der Waals surface area contributed by atoms with E-state index in [1.807, 2.05) is 24.4 Å². The van der Waals surface area contributed by atoms with Gasteiger partial charge in [0.25, 0.3) is 0 Å². The first-order valence-electron chi connectivity index (χ1n) is 5.10. The number of hydrogen-bond acceptors (Lipinski definition) is 2. The Hall–Kier alpha value is -1.29. The first-order chi connectivity index (χ1) is 7.79. The molecule has 0 bridgehead atoms. The zero-order valence-corrected chi connectivity index (χ0v) is 10.6. The van der Waals surface area contributed by atoms with Gasteiger partial charge in [-0.15, -0.1) is 0 Å². The van der Waals surface area contributed by atoms with Gasteiger partial charge in [0.15, 0.2) is 0 Å². The predicted molar refractivity (Wildman–Crippen MR) is 66.7 cm³/mol. The van der Waals surface area contributed by atoms with Crippen LogP contribution in [-0.2, 0) is 12.8 Å². The van der Waals surface area contributed by atoms with E-state index in [2.05, 4.69) is 25.9 Å². The Labute approximate surface area is 103 Å². The van der Waals surface area contributed by atoms with E-state index in [9.17, 15) is 0 Å². The second-order valence-electron chi connectivity index (χ2n) is 3.49. The van der Waals surface area contributed by atoms with Crippen LogP contribution in [0.5, 0.6) is 5.75 Å². The number of methoxy groups -OCH3 is 1. The Bertz CT molecular complexity index is 454. The lowest BCUT2D eigenvalue weighted by atomic mass is 10.1. The number of aromatic amines is 1. The van der Waals surface area contributed by atoms with E-state index in [0.717, 1.165) is 28.9 Å². The molecule has 0 aliphatic carbocycles. The third-order valence-electron chi connectivity index (χ3n) is 2.44. The van der Waals surface area contributed by atoms with Gasteiger partial charge in [0.1, 0.15) is 11.6 Å². The largest absolute Gasteiger partial charge is 0.497 e. The summed E-state index contributed by atoms with van der Waals surface area (Å²) in [6, 6.07) is 6.00. The molecule has 4 heteroatoms. The molecule has 3 nitrogen and oxygen atoms in total. The Morgan fingerprint density at radius 3 is 2.94 bits per heavy atom. The number of aromatic nitrogens is 2. The summed E-state index contributed by atoms with van der Waals surface area (Å²) in [4.78, 5) is 7.30. The molecule has 0 atom stereocenters. The van der Waals surface area contributed by atoms with E-state index < -0.39 is 0 Å². The fourth-order valence-corrected chi connectivity index (χ4v) is 2.00. The molecule has 0 radical (unpaired) electrons. The summed E-state index contributed by atoms with van der Waals surface area (Å²) in [5.41, 5.74) is 1.23. The van der Waals surface area contributed by atoms with Crippen molar-refractivity contribution in [3.63, 3.8) is 0 Å². The van der Waals surface area contributed by atoms with Crippen LogP contribution >= 0.6 is 15.9 Å². The van der Waals surface area contributed by atoms with Crippen molar-refractivity contribution >= 4 is 15.9 Å². The highest BCUT2D eigenvalue weighted by atomic mass is 79.9. The van der Waals surface area contributed by atoms with Crippen molar-refractivity contribution in [3.8, 4) is 5.75 Å². The van der Waals surface area contributed by atoms with Crippen molar-refractivity contribution in [2.75, 3.05) is 7.11 Å². The van der Waals surface area contributed by atoms with E-state index in [1.165, 1.54) is 5.56 Å². The molecule has 0 amide bonds. The third-order valence-corrected chi connectivity index (χ3v) is 3.21. The van der Waals surface area contributed by atoms with Crippen LogP contribution in [0, 0.1) is 0 Å². The summed E-state index contributed by atoms with van der Waals surface area (Å²) in [6.07, 6.45) is 5.45. The number of H-pyrrole nitrogens is 1. The summed E-state index contributed by atoms with van der Waals surface area (Å²) in [5, 5.41) is 0. The lowest BCUT2D eigenvalue weighted by Crippen LogP contribution is -1.95. The number of aryl methyl sites for hydroxylation is 2. The number of halogens is 1. The standard InChI is InChI=1S/C12H13BrN2O/c1-16-10-3-4-11(13)9(8-10)2-5-12-14-6-7-15-12/h3-4,6-8H,2,5H2,1H3,(H,14,15). The van der Waals surface area contributed by atoms with Gasteiger partial charge in [-0.2, -0.15) is 0 Å². The van der Waals surface area contributed by atoms with Gasteiger partial charge < -0.3 is 9.72 Å². The maximum atomic E-state index is 5.20. The number of imidazole rings is 1. The lowest BCUT2D eigenvalue weighted by Gasteiger charge is -2.06. The van der Waals surface area contributed by atoms with Crippen molar-refractivity contribution in [3.05, 3.63) is 46.5 Å². The molecule has 0 saturated carbocycles. The maximum Gasteiger partial charge on any atom is 0.119 e. The van der Waals surface area contributed by atoms with Crippen LogP contribution in [0.25, 0.3) is 0 Å². The third kappa shape index (κ3) is 2.64. The van der Waals surface area contributed by atoms with E-state index in [-0.39, 0.29) is 0 Å². The van der Waals surface area contributed by atoms with Gasteiger partial charge in [0, 0.05) is 23.3 Å². The number of nitrogens with one attached hydrogen (secondary N) is 1. The average molecular weight is 281 g/mol. The Balaban J connectivity index is 2.08. The topological polar surface area (TPSA) is 37.9 Å². The van der Waals surface area contributed by atoms with Crippen LogP contribution in [0.1, 0.15) is 11.4 Å². The fourth-order valence-electron chi connectivity index (χ4n) is 1.56. The van der Waals surface area contributed by atoms with Gasteiger partial charge >= 0.3 is 0 Å². The van der Waals surface area contributed by atoms with Crippen LogP contribution in [0.15, 0.2) is 35.1 Å². The van der Waals surface area contributed by atoms with Crippen molar-refractivity contribution in [1.29, 1.82) is 0 Å². The van der Waals surface area contributed by atoms with E-state index in [0.29, 0.717) is 0 Å². The lowest BCUT2D eigenvalue weighted by molar-refractivity contribution is 0.414. The molecule has 1 N–H and O–H groups in total. The summed E-state index contributed by atoms with van der Waals surface area (Å²) in [7, 11) is 1.68. The van der Waals surface area contributed by atoms with Crippen molar-refractivity contribution in [2.24, 2.45) is 0 Å². The zero-order valence-electron chi connectivity index (χ0n) is 9.03. The quantitative estimate of drug-likeness (QED) is 0.935. The Kier molecular flexibility index (Phi) is 3.62. The molecule has 2 aromatic rings. The molecule has 16 heavy (non-hydrogen) atoms. The number of ether oxygens (including phenoxy) is 1. The molecule has 2 rings (SSSR count). The molecule has 0 fully saturated rings. The van der Waals surface area contributed by atoms with Gasteiger partial charge in [-0.1, -0.05) is 15.9 Å². The highest BCUT2D eigenvalue weighted by Gasteiger charge is 2.03. The minimum absolute atomic E-state index is 0.887. The number of rotatable bonds is 4. The number of hydrogen-bond donors (Lipinski definition) is 1. The van der Waals surface area contributed by atoms with E-state index >= 15 is 0 Å². The number of benzene rings is 1. The molecule has 0 aliphatic heterocycles. The second-order valence-corrected chi connectivity index (χ2v) is 4.35. The fraction of sp³-hybridized carbons (Fsp3) is 0.250. The molecule has 0 aliphatic rings. The SMILES string of the molecule is COc1ccc(Br)c(CCc2ncc[nH]2)c1. The van der Waals surface area contributed by atoms with Crippen molar-refractivity contribution < 1.29 is 4.74 Å². The highest BCUT2D eigenvalue weighted by Crippen LogP contribution is 2.23. The Morgan fingerprint density at radius 2 is 2.25 bits per heavy atom. The normalized spacial score (nSPS) is 10.4. The molecule has 0 spiro atoms. The molecular weight excluding hydrogens is 268 g/mol. The van der Waals surface area contributed by atoms with E-state index in [1.54, 1.807) is 13.3 Å². The first kappa shape index (κ1) is 11.2. The molecule has 1 aromatic carbocycles. The van der Waals surface area contributed by atoms with Crippen LogP contribution in [0.2, 0.25) is 0 Å². The molecule has 1 heterocycles. The van der Waals surface area contributed by atoms with Gasteiger partial charge in [0.05, 0.1) is 7.11 Å². The first-order valence-corrected chi connectivity index (χ1v) is 5.89. The monoisotopic (exact) mass is 280 g/mol. The van der Waals surface area contributed by atoms with E-state index in [4.69, 9.17) is 4.74 Å². The second kappa shape index (κ2) is 5.16. The summed E-state index contributed by atoms with van der Waals surface area (Å²) in [5.74, 6) is 1.90. The minimum Gasteiger partial charge on any atom is -0.497 e. The minimum atomic E-state index is 0.887. The molecule has 0 saturated heterocycles.